The van der Waals surface area contributed by atoms with E-state index in [9.17, 15) is 14.7 Å². The van der Waals surface area contributed by atoms with Crippen LogP contribution >= 0.6 is 23.2 Å². The summed E-state index contributed by atoms with van der Waals surface area (Å²) in [6, 6.07) is 2.83. The van der Waals surface area contributed by atoms with E-state index in [-0.39, 0.29) is 34.5 Å². The fourth-order valence-corrected chi connectivity index (χ4v) is 4.02. The van der Waals surface area contributed by atoms with E-state index in [1.54, 1.807) is 4.90 Å². The minimum atomic E-state index is -0.0561. The van der Waals surface area contributed by atoms with Crippen molar-refractivity contribution in [2.24, 2.45) is 5.41 Å². The van der Waals surface area contributed by atoms with Crippen LogP contribution < -0.4 is 5.32 Å². The summed E-state index contributed by atoms with van der Waals surface area (Å²) in [6.07, 6.45) is 3.12. The number of likely N-dealkylation sites (tertiary alicyclic amines) is 2. The van der Waals surface area contributed by atoms with Gasteiger partial charge in [0.2, 0.25) is 11.8 Å². The Kier molecular flexibility index (Phi) is 5.34. The van der Waals surface area contributed by atoms with Gasteiger partial charge in [-0.3, -0.25) is 9.59 Å². The topological polar surface area (TPSA) is 72.9 Å². The molecule has 1 aromatic rings. The lowest BCUT2D eigenvalue weighted by molar-refractivity contribution is -0.128. The molecule has 2 fully saturated rings. The molecule has 0 saturated carbocycles. The molecule has 2 amide bonds. The van der Waals surface area contributed by atoms with E-state index in [2.05, 4.69) is 11.9 Å². The lowest BCUT2D eigenvalue weighted by Crippen LogP contribution is -2.37. The van der Waals surface area contributed by atoms with Crippen molar-refractivity contribution < 1.29 is 14.7 Å². The molecule has 2 heterocycles. The number of anilines is 1. The highest BCUT2D eigenvalue weighted by atomic mass is 35.5. The molecule has 3 rings (SSSR count). The number of amides is 2. The highest BCUT2D eigenvalue weighted by Crippen LogP contribution is 2.39. The first-order chi connectivity index (χ1) is 12.3. The third kappa shape index (κ3) is 3.76. The predicted octanol–water partition coefficient (Wildman–Crippen LogP) is 2.75. The van der Waals surface area contributed by atoms with Crippen LogP contribution in [0.1, 0.15) is 12.8 Å². The van der Waals surface area contributed by atoms with E-state index < -0.39 is 0 Å². The van der Waals surface area contributed by atoms with Crippen molar-refractivity contribution in [3.63, 3.8) is 0 Å². The Hall–Kier alpha value is -1.92. The van der Waals surface area contributed by atoms with E-state index in [1.807, 2.05) is 4.90 Å². The first-order valence-electron chi connectivity index (χ1n) is 8.44. The molecule has 0 bridgehead atoms. The van der Waals surface area contributed by atoms with Crippen LogP contribution in [0.15, 0.2) is 24.8 Å². The van der Waals surface area contributed by atoms with Gasteiger partial charge in [0, 0.05) is 37.7 Å². The largest absolute Gasteiger partial charge is 0.506 e. The van der Waals surface area contributed by atoms with Gasteiger partial charge >= 0.3 is 0 Å². The second-order valence-corrected chi connectivity index (χ2v) is 7.73. The number of nitrogens with one attached hydrogen (secondary N) is 1. The van der Waals surface area contributed by atoms with Crippen LogP contribution in [-0.4, -0.2) is 59.4 Å². The summed E-state index contributed by atoms with van der Waals surface area (Å²) in [5.41, 5.74) is 0.352. The van der Waals surface area contributed by atoms with Gasteiger partial charge in [-0.2, -0.15) is 0 Å². The van der Waals surface area contributed by atoms with E-state index >= 15 is 0 Å². The van der Waals surface area contributed by atoms with Gasteiger partial charge < -0.3 is 20.2 Å². The van der Waals surface area contributed by atoms with Crippen LogP contribution in [0.4, 0.5) is 5.69 Å². The van der Waals surface area contributed by atoms with Gasteiger partial charge in [-0.25, -0.2) is 0 Å². The fraction of sp³-hybridized carbons (Fsp3) is 0.444. The van der Waals surface area contributed by atoms with Crippen LogP contribution in [0.25, 0.3) is 0 Å². The second-order valence-electron chi connectivity index (χ2n) is 6.92. The monoisotopic (exact) mass is 397 g/mol. The molecular weight excluding hydrogens is 377 g/mol. The summed E-state index contributed by atoms with van der Waals surface area (Å²) < 4.78 is 0. The van der Waals surface area contributed by atoms with Gasteiger partial charge in [-0.15, -0.1) is 0 Å². The quantitative estimate of drug-likeness (QED) is 0.605. The molecular formula is C18H21Cl2N3O3. The molecule has 140 valence electrons. The Balaban J connectivity index is 1.56. The number of nitrogens with zero attached hydrogens (tertiary/aromatic N) is 2. The fourth-order valence-electron chi connectivity index (χ4n) is 3.69. The van der Waals surface area contributed by atoms with E-state index in [0.29, 0.717) is 36.9 Å². The first kappa shape index (κ1) is 18.9. The average molecular weight is 398 g/mol. The summed E-state index contributed by atoms with van der Waals surface area (Å²) in [5.74, 6) is -0.163. The molecule has 2 aliphatic rings. The van der Waals surface area contributed by atoms with Crippen molar-refractivity contribution in [2.45, 2.75) is 12.8 Å². The zero-order valence-electron chi connectivity index (χ0n) is 14.3. The normalized spacial score (nSPS) is 22.1. The van der Waals surface area contributed by atoms with Crippen molar-refractivity contribution in [3.8, 4) is 5.75 Å². The average Bonchev–Trinajstić information content (AvgIpc) is 3.23. The molecule has 1 atom stereocenters. The van der Waals surface area contributed by atoms with E-state index in [0.717, 1.165) is 12.8 Å². The number of halogens is 2. The van der Waals surface area contributed by atoms with Crippen LogP contribution in [0.5, 0.6) is 5.75 Å². The molecule has 1 spiro atoms. The van der Waals surface area contributed by atoms with Gasteiger partial charge in [0.15, 0.2) is 0 Å². The molecule has 6 nitrogen and oxygen atoms in total. The van der Waals surface area contributed by atoms with Gasteiger partial charge in [-0.1, -0.05) is 29.8 Å². The smallest absolute Gasteiger partial charge is 0.245 e. The lowest BCUT2D eigenvalue weighted by atomic mass is 9.86. The van der Waals surface area contributed by atoms with Crippen molar-refractivity contribution in [2.75, 3.05) is 38.0 Å². The number of hydrogen-bond acceptors (Lipinski definition) is 4. The third-order valence-electron chi connectivity index (χ3n) is 5.18. The molecule has 2 saturated heterocycles. The Morgan fingerprint density at radius 1 is 1.19 bits per heavy atom. The Morgan fingerprint density at radius 3 is 2.50 bits per heavy atom. The highest BCUT2D eigenvalue weighted by Gasteiger charge is 2.45. The van der Waals surface area contributed by atoms with E-state index in [4.69, 9.17) is 23.2 Å². The zero-order chi connectivity index (χ0) is 18.9. The number of benzene rings is 1. The number of phenolic OH excluding ortho intramolecular Hbond substituents is 1. The molecule has 0 radical (unpaired) electrons. The summed E-state index contributed by atoms with van der Waals surface area (Å²) in [5, 5.41) is 13.4. The molecule has 2 N–H and O–H groups in total. The number of aromatic hydroxyl groups is 1. The number of carbonyl (C=O) groups is 2. The minimum Gasteiger partial charge on any atom is -0.506 e. The molecule has 2 aliphatic heterocycles. The molecule has 0 aromatic heterocycles. The summed E-state index contributed by atoms with van der Waals surface area (Å²) in [4.78, 5) is 27.9. The summed E-state index contributed by atoms with van der Waals surface area (Å²) in [6.45, 7) is 6.28. The van der Waals surface area contributed by atoms with Crippen LogP contribution in [-0.2, 0) is 9.59 Å². The third-order valence-corrected chi connectivity index (χ3v) is 5.91. The predicted molar refractivity (Wildman–Crippen MR) is 102 cm³/mol. The maximum Gasteiger partial charge on any atom is 0.245 e. The van der Waals surface area contributed by atoms with Crippen LogP contribution in [0, 0.1) is 5.41 Å². The summed E-state index contributed by atoms with van der Waals surface area (Å²) in [7, 11) is 0. The maximum atomic E-state index is 12.5. The molecule has 0 aliphatic carbocycles. The van der Waals surface area contributed by atoms with Gasteiger partial charge in [0.25, 0.3) is 0 Å². The van der Waals surface area contributed by atoms with Crippen molar-refractivity contribution in [3.05, 3.63) is 34.8 Å². The van der Waals surface area contributed by atoms with Gasteiger partial charge in [0.05, 0.1) is 22.3 Å². The van der Waals surface area contributed by atoms with E-state index in [1.165, 1.54) is 18.2 Å². The van der Waals surface area contributed by atoms with Crippen molar-refractivity contribution in [1.82, 2.24) is 9.80 Å². The number of hydrogen-bond donors (Lipinski definition) is 2. The molecule has 8 heteroatoms. The van der Waals surface area contributed by atoms with Gasteiger partial charge in [0.1, 0.15) is 5.75 Å². The van der Waals surface area contributed by atoms with Crippen LogP contribution in [0.3, 0.4) is 0 Å². The number of rotatable bonds is 4. The van der Waals surface area contributed by atoms with Crippen molar-refractivity contribution >= 4 is 40.7 Å². The maximum absolute atomic E-state index is 12.5. The number of carbonyl (C=O) groups excluding carboxylic acids is 2. The zero-order valence-corrected chi connectivity index (χ0v) is 15.8. The Bertz CT molecular complexity index is 755. The lowest BCUT2D eigenvalue weighted by Gasteiger charge is -2.24. The molecule has 26 heavy (non-hydrogen) atoms. The SMILES string of the molecule is C=CC(=O)N1CCC2(CCN(C(=O)CNc3cc(Cl)c(Cl)cc3O)C2)C1. The second kappa shape index (κ2) is 7.37. The Morgan fingerprint density at radius 2 is 1.81 bits per heavy atom. The number of phenols is 1. The highest BCUT2D eigenvalue weighted by molar-refractivity contribution is 6.42. The first-order valence-corrected chi connectivity index (χ1v) is 9.20. The standard InChI is InChI=1S/C18H21Cl2N3O3/c1-2-16(25)22-5-3-18(10-22)4-6-23(11-18)17(26)9-21-14-7-12(19)13(20)8-15(14)24/h2,7-8,21,24H,1,3-6,9-11H2. The molecule has 1 unspecified atom stereocenters. The molecule has 1 aromatic carbocycles. The minimum absolute atomic E-state index is 0.0138. The van der Waals surface area contributed by atoms with Gasteiger partial charge in [-0.05, 0) is 25.0 Å². The van der Waals surface area contributed by atoms with Crippen LogP contribution in [0.2, 0.25) is 10.0 Å². The Labute approximate surface area is 162 Å². The van der Waals surface area contributed by atoms with Crippen molar-refractivity contribution in [1.29, 1.82) is 0 Å². The summed E-state index contributed by atoms with van der Waals surface area (Å²) >= 11 is 11.8.